The molecule has 2 rings (SSSR count). The van der Waals surface area contributed by atoms with Crippen LogP contribution in [0.4, 0.5) is 5.95 Å². The lowest BCUT2D eigenvalue weighted by atomic mass is 10.2. The number of nitrogens with zero attached hydrogens (tertiary/aromatic N) is 3. The quantitative estimate of drug-likeness (QED) is 0.741. The molecule has 1 saturated heterocycles. The molecule has 1 fully saturated rings. The summed E-state index contributed by atoms with van der Waals surface area (Å²) in [6, 6.07) is 1.08. The highest BCUT2D eigenvalue weighted by atomic mass is 35.5. The maximum absolute atomic E-state index is 10.9. The minimum atomic E-state index is -0.867. The van der Waals surface area contributed by atoms with Gasteiger partial charge in [0.05, 0.1) is 0 Å². The van der Waals surface area contributed by atoms with Gasteiger partial charge in [0.1, 0.15) is 11.2 Å². The van der Waals surface area contributed by atoms with Gasteiger partial charge in [-0.05, 0) is 13.0 Å². The topological polar surface area (TPSA) is 78.4 Å². The van der Waals surface area contributed by atoms with Crippen molar-refractivity contribution in [3.05, 3.63) is 16.9 Å². The highest BCUT2D eigenvalue weighted by Crippen LogP contribution is 2.15. The summed E-state index contributed by atoms with van der Waals surface area (Å²) < 4.78 is 0. The van der Waals surface area contributed by atoms with Crippen molar-refractivity contribution in [3.8, 4) is 0 Å². The third-order valence-electron chi connectivity index (χ3n) is 2.57. The number of anilines is 1. The highest BCUT2D eigenvalue weighted by molar-refractivity contribution is 6.29. The molecule has 0 spiro atoms. The van der Waals surface area contributed by atoms with Gasteiger partial charge in [-0.15, -0.1) is 0 Å². The maximum Gasteiger partial charge on any atom is 0.322 e. The fourth-order valence-corrected chi connectivity index (χ4v) is 1.99. The summed E-state index contributed by atoms with van der Waals surface area (Å²) in [6.07, 6.45) is 0. The lowest BCUT2D eigenvalue weighted by molar-refractivity contribution is -0.139. The first-order valence-corrected chi connectivity index (χ1v) is 5.66. The number of aromatic nitrogens is 2. The van der Waals surface area contributed by atoms with E-state index in [1.54, 1.807) is 6.07 Å². The second kappa shape index (κ2) is 4.85. The molecule has 6 nitrogen and oxygen atoms in total. The number of piperazine rings is 1. The lowest BCUT2D eigenvalue weighted by Gasteiger charge is -2.31. The number of halogens is 1. The zero-order valence-electron chi connectivity index (χ0n) is 9.35. The monoisotopic (exact) mass is 256 g/mol. The molecule has 1 aliphatic heterocycles. The van der Waals surface area contributed by atoms with Gasteiger partial charge in [0.25, 0.3) is 0 Å². The Morgan fingerprint density at radius 1 is 1.65 bits per heavy atom. The highest BCUT2D eigenvalue weighted by Gasteiger charge is 2.26. The standard InChI is InChI=1S/C10H13ClN4O2/c1-6-4-8(11)14-10(13-6)15-3-2-12-7(5-15)9(16)17/h4,7,12H,2-3,5H2,1H3,(H,16,17)/t7-/m1/s1. The number of carbonyl (C=O) groups is 1. The molecule has 1 aliphatic rings. The number of rotatable bonds is 2. The minimum absolute atomic E-state index is 0.342. The van der Waals surface area contributed by atoms with Gasteiger partial charge < -0.3 is 15.3 Å². The van der Waals surface area contributed by atoms with Crippen LogP contribution in [0, 0.1) is 6.92 Å². The molecule has 1 aromatic rings. The molecule has 1 aromatic heterocycles. The minimum Gasteiger partial charge on any atom is -0.480 e. The van der Waals surface area contributed by atoms with E-state index in [2.05, 4.69) is 15.3 Å². The van der Waals surface area contributed by atoms with Gasteiger partial charge in [-0.3, -0.25) is 4.79 Å². The molecule has 0 aromatic carbocycles. The van der Waals surface area contributed by atoms with Crippen LogP contribution in [0.2, 0.25) is 5.15 Å². The molecule has 0 unspecified atom stereocenters. The van der Waals surface area contributed by atoms with Gasteiger partial charge in [-0.1, -0.05) is 11.6 Å². The van der Waals surface area contributed by atoms with E-state index in [1.165, 1.54) is 0 Å². The van der Waals surface area contributed by atoms with E-state index in [-0.39, 0.29) is 0 Å². The van der Waals surface area contributed by atoms with Crippen molar-refractivity contribution in [1.29, 1.82) is 0 Å². The number of hydrogen-bond acceptors (Lipinski definition) is 5. The molecular formula is C10H13ClN4O2. The van der Waals surface area contributed by atoms with Crippen LogP contribution in [-0.4, -0.2) is 46.7 Å². The van der Waals surface area contributed by atoms with Crippen LogP contribution in [0.5, 0.6) is 0 Å². The smallest absolute Gasteiger partial charge is 0.322 e. The van der Waals surface area contributed by atoms with Crippen LogP contribution in [0.15, 0.2) is 6.07 Å². The van der Waals surface area contributed by atoms with Crippen molar-refractivity contribution in [3.63, 3.8) is 0 Å². The average Bonchev–Trinajstić information content (AvgIpc) is 2.28. The number of hydrogen-bond donors (Lipinski definition) is 2. The van der Waals surface area contributed by atoms with Crippen LogP contribution < -0.4 is 10.2 Å². The van der Waals surface area contributed by atoms with Gasteiger partial charge in [0.15, 0.2) is 0 Å². The van der Waals surface area contributed by atoms with Gasteiger partial charge in [-0.25, -0.2) is 9.97 Å². The summed E-state index contributed by atoms with van der Waals surface area (Å²) in [6.45, 7) is 3.43. The summed E-state index contributed by atoms with van der Waals surface area (Å²) in [4.78, 5) is 21.1. The largest absolute Gasteiger partial charge is 0.480 e. The molecule has 17 heavy (non-hydrogen) atoms. The fourth-order valence-electron chi connectivity index (χ4n) is 1.75. The summed E-state index contributed by atoms with van der Waals surface area (Å²) in [5.41, 5.74) is 0.769. The molecule has 92 valence electrons. The van der Waals surface area contributed by atoms with Crippen LogP contribution in [0.25, 0.3) is 0 Å². The summed E-state index contributed by atoms with van der Waals surface area (Å²) in [5.74, 6) is -0.379. The third kappa shape index (κ3) is 2.83. The van der Waals surface area contributed by atoms with Gasteiger partial charge in [0.2, 0.25) is 5.95 Å². The predicted octanol–water partition coefficient (Wildman–Crippen LogP) is 0.301. The fraction of sp³-hybridized carbons (Fsp3) is 0.500. The molecule has 0 amide bonds. The Morgan fingerprint density at radius 3 is 3.06 bits per heavy atom. The van der Waals surface area contributed by atoms with Crippen molar-refractivity contribution in [2.75, 3.05) is 24.5 Å². The van der Waals surface area contributed by atoms with E-state index < -0.39 is 12.0 Å². The van der Waals surface area contributed by atoms with E-state index in [9.17, 15) is 4.79 Å². The van der Waals surface area contributed by atoms with Crippen molar-refractivity contribution in [1.82, 2.24) is 15.3 Å². The lowest BCUT2D eigenvalue weighted by Crippen LogP contribution is -2.54. The van der Waals surface area contributed by atoms with E-state index in [4.69, 9.17) is 16.7 Å². The van der Waals surface area contributed by atoms with Gasteiger partial charge in [0, 0.05) is 25.3 Å². The van der Waals surface area contributed by atoms with E-state index in [0.29, 0.717) is 30.7 Å². The van der Waals surface area contributed by atoms with Crippen molar-refractivity contribution < 1.29 is 9.90 Å². The number of carboxylic acids is 1. The summed E-state index contributed by atoms with van der Waals surface area (Å²) in [5, 5.41) is 12.2. The molecule has 0 aliphatic carbocycles. The first-order chi connectivity index (χ1) is 8.06. The second-order valence-electron chi connectivity index (χ2n) is 3.92. The second-order valence-corrected chi connectivity index (χ2v) is 4.31. The first-order valence-electron chi connectivity index (χ1n) is 5.28. The molecule has 2 N–H and O–H groups in total. The summed E-state index contributed by atoms with van der Waals surface area (Å²) >= 11 is 5.86. The maximum atomic E-state index is 10.9. The van der Waals surface area contributed by atoms with Crippen LogP contribution in [-0.2, 0) is 4.79 Å². The molecule has 0 radical (unpaired) electrons. The molecule has 1 atom stereocenters. The molecule has 0 bridgehead atoms. The normalized spacial score (nSPS) is 20.4. The van der Waals surface area contributed by atoms with E-state index in [0.717, 1.165) is 5.69 Å². The summed E-state index contributed by atoms with van der Waals surface area (Å²) in [7, 11) is 0. The van der Waals surface area contributed by atoms with Crippen molar-refractivity contribution in [2.45, 2.75) is 13.0 Å². The molecule has 0 saturated carbocycles. The van der Waals surface area contributed by atoms with Crippen LogP contribution in [0.1, 0.15) is 5.69 Å². The zero-order valence-corrected chi connectivity index (χ0v) is 10.1. The Balaban J connectivity index is 2.18. The van der Waals surface area contributed by atoms with Crippen molar-refractivity contribution in [2.24, 2.45) is 0 Å². The first kappa shape index (κ1) is 12.1. The van der Waals surface area contributed by atoms with Crippen LogP contribution in [0.3, 0.4) is 0 Å². The Morgan fingerprint density at radius 2 is 2.41 bits per heavy atom. The number of aliphatic carboxylic acids is 1. The average molecular weight is 257 g/mol. The molecular weight excluding hydrogens is 244 g/mol. The Kier molecular flexibility index (Phi) is 3.44. The third-order valence-corrected chi connectivity index (χ3v) is 2.76. The Bertz CT molecular complexity index is 420. The number of aryl methyl sites for hydroxylation is 1. The molecule has 2 heterocycles. The van der Waals surface area contributed by atoms with Gasteiger partial charge in [-0.2, -0.15) is 0 Å². The Hall–Kier alpha value is -1.40. The van der Waals surface area contributed by atoms with Crippen LogP contribution >= 0.6 is 11.6 Å². The predicted molar refractivity (Wildman–Crippen MR) is 63.4 cm³/mol. The zero-order chi connectivity index (χ0) is 12.4. The Labute approximate surface area is 104 Å². The number of nitrogens with one attached hydrogen (secondary N) is 1. The van der Waals surface area contributed by atoms with E-state index in [1.807, 2.05) is 11.8 Å². The SMILES string of the molecule is Cc1cc(Cl)nc(N2CCN[C@@H](C(=O)O)C2)n1. The number of carboxylic acid groups (broad SMARTS) is 1. The van der Waals surface area contributed by atoms with E-state index >= 15 is 0 Å². The van der Waals surface area contributed by atoms with Gasteiger partial charge >= 0.3 is 5.97 Å². The molecule has 7 heteroatoms. The van der Waals surface area contributed by atoms with Crippen molar-refractivity contribution >= 4 is 23.5 Å².